The lowest BCUT2D eigenvalue weighted by atomic mass is 9.89. The lowest BCUT2D eigenvalue weighted by Crippen LogP contribution is -2.50. The molecule has 4 heteroatoms. The van der Waals surface area contributed by atoms with Gasteiger partial charge in [-0.25, -0.2) is 0 Å². The molecule has 0 bridgehead atoms. The van der Waals surface area contributed by atoms with E-state index in [2.05, 4.69) is 22.3 Å². The molecule has 122 valence electrons. The largest absolute Gasteiger partial charge is 0.497 e. The van der Waals surface area contributed by atoms with Crippen LogP contribution in [0.4, 0.5) is 5.69 Å². The number of methoxy groups -OCH3 is 1. The van der Waals surface area contributed by atoms with E-state index in [9.17, 15) is 5.11 Å². The zero-order valence-corrected chi connectivity index (χ0v) is 13.5. The minimum absolute atomic E-state index is 0.114. The van der Waals surface area contributed by atoms with Gasteiger partial charge in [0.05, 0.1) is 13.2 Å². The van der Waals surface area contributed by atoms with Crippen molar-refractivity contribution in [3.8, 4) is 5.75 Å². The van der Waals surface area contributed by atoms with Crippen molar-refractivity contribution < 1.29 is 9.84 Å². The van der Waals surface area contributed by atoms with E-state index in [-0.39, 0.29) is 6.10 Å². The summed E-state index contributed by atoms with van der Waals surface area (Å²) < 4.78 is 5.28. The maximum atomic E-state index is 10.2. The van der Waals surface area contributed by atoms with Gasteiger partial charge in [0.25, 0.3) is 0 Å². The van der Waals surface area contributed by atoms with Crippen LogP contribution in [-0.2, 0) is 0 Å². The summed E-state index contributed by atoms with van der Waals surface area (Å²) in [4.78, 5) is 2.51. The molecule has 1 aliphatic heterocycles. The Morgan fingerprint density at radius 3 is 2.64 bits per heavy atom. The molecule has 3 rings (SSSR count). The SMILES string of the molecule is COc1cccc(NC2CCN([C@@H]3CCCC[C@H]3O)CC2)c1. The molecule has 2 atom stereocenters. The minimum atomic E-state index is -0.114. The predicted octanol–water partition coefficient (Wildman–Crippen LogP) is 2.88. The molecule has 2 aliphatic rings. The number of nitrogens with zero attached hydrogens (tertiary/aromatic N) is 1. The van der Waals surface area contributed by atoms with E-state index in [1.165, 1.54) is 12.8 Å². The summed E-state index contributed by atoms with van der Waals surface area (Å²) in [5, 5.41) is 13.8. The molecule has 4 nitrogen and oxygen atoms in total. The van der Waals surface area contributed by atoms with Crippen molar-refractivity contribution in [2.24, 2.45) is 0 Å². The molecule has 0 unspecified atom stereocenters. The summed E-state index contributed by atoms with van der Waals surface area (Å²) in [6.45, 7) is 2.17. The summed E-state index contributed by atoms with van der Waals surface area (Å²) in [5.41, 5.74) is 1.13. The Kier molecular flexibility index (Phi) is 5.21. The van der Waals surface area contributed by atoms with Gasteiger partial charge in [-0.3, -0.25) is 4.90 Å². The fraction of sp³-hybridized carbons (Fsp3) is 0.667. The van der Waals surface area contributed by atoms with Crippen molar-refractivity contribution in [3.05, 3.63) is 24.3 Å². The Morgan fingerprint density at radius 2 is 1.91 bits per heavy atom. The number of rotatable bonds is 4. The van der Waals surface area contributed by atoms with Crippen LogP contribution in [-0.4, -0.2) is 48.4 Å². The van der Waals surface area contributed by atoms with Gasteiger partial charge in [0.2, 0.25) is 0 Å². The Morgan fingerprint density at radius 1 is 1.14 bits per heavy atom. The average Bonchev–Trinajstić information content (AvgIpc) is 2.56. The maximum Gasteiger partial charge on any atom is 0.120 e. The Balaban J connectivity index is 1.51. The lowest BCUT2D eigenvalue weighted by molar-refractivity contribution is 0.00994. The molecule has 22 heavy (non-hydrogen) atoms. The molecular weight excluding hydrogens is 276 g/mol. The van der Waals surface area contributed by atoms with Crippen LogP contribution in [0.15, 0.2) is 24.3 Å². The molecule has 0 amide bonds. The molecule has 2 N–H and O–H groups in total. The van der Waals surface area contributed by atoms with Crippen LogP contribution in [0.1, 0.15) is 38.5 Å². The van der Waals surface area contributed by atoms with E-state index in [0.29, 0.717) is 12.1 Å². The topological polar surface area (TPSA) is 44.7 Å². The zero-order chi connectivity index (χ0) is 15.4. The number of aliphatic hydroxyl groups is 1. The first kappa shape index (κ1) is 15.6. The first-order chi connectivity index (χ1) is 10.8. The van der Waals surface area contributed by atoms with Gasteiger partial charge in [0, 0.05) is 36.9 Å². The average molecular weight is 304 g/mol. The van der Waals surface area contributed by atoms with Gasteiger partial charge < -0.3 is 15.2 Å². The number of anilines is 1. The van der Waals surface area contributed by atoms with Crippen molar-refractivity contribution >= 4 is 5.69 Å². The maximum absolute atomic E-state index is 10.2. The van der Waals surface area contributed by atoms with Crippen LogP contribution in [0.5, 0.6) is 5.75 Å². The van der Waals surface area contributed by atoms with Gasteiger partial charge in [-0.05, 0) is 37.8 Å². The molecular formula is C18H28N2O2. The summed E-state index contributed by atoms with van der Waals surface area (Å²) in [6, 6.07) is 9.06. The Bertz CT molecular complexity index is 472. The molecule has 1 aliphatic carbocycles. The Labute approximate surface area is 133 Å². The molecule has 1 saturated heterocycles. The van der Waals surface area contributed by atoms with E-state index in [4.69, 9.17) is 4.74 Å². The molecule has 2 fully saturated rings. The summed E-state index contributed by atoms with van der Waals surface area (Å²) in [7, 11) is 1.70. The number of aliphatic hydroxyl groups excluding tert-OH is 1. The van der Waals surface area contributed by atoms with E-state index in [0.717, 1.165) is 50.2 Å². The number of benzene rings is 1. The van der Waals surface area contributed by atoms with Crippen LogP contribution in [0, 0.1) is 0 Å². The van der Waals surface area contributed by atoms with Crippen LogP contribution < -0.4 is 10.1 Å². The molecule has 0 radical (unpaired) electrons. The first-order valence-corrected chi connectivity index (χ1v) is 8.59. The number of ether oxygens (including phenoxy) is 1. The Hall–Kier alpha value is -1.26. The van der Waals surface area contributed by atoms with Crippen molar-refractivity contribution in [2.45, 2.75) is 56.7 Å². The molecule has 1 aromatic rings. The van der Waals surface area contributed by atoms with Crippen molar-refractivity contribution in [3.63, 3.8) is 0 Å². The normalized spacial score (nSPS) is 27.5. The minimum Gasteiger partial charge on any atom is -0.497 e. The van der Waals surface area contributed by atoms with E-state index in [1.807, 2.05) is 12.1 Å². The highest BCUT2D eigenvalue weighted by molar-refractivity contribution is 5.48. The van der Waals surface area contributed by atoms with Gasteiger partial charge in [0.15, 0.2) is 0 Å². The van der Waals surface area contributed by atoms with Gasteiger partial charge in [-0.15, -0.1) is 0 Å². The number of hydrogen-bond donors (Lipinski definition) is 2. The molecule has 1 aromatic carbocycles. The third kappa shape index (κ3) is 3.73. The third-order valence-electron chi connectivity index (χ3n) is 5.13. The predicted molar refractivity (Wildman–Crippen MR) is 89.5 cm³/mol. The summed E-state index contributed by atoms with van der Waals surface area (Å²) in [6.07, 6.45) is 6.76. The monoisotopic (exact) mass is 304 g/mol. The number of likely N-dealkylation sites (tertiary alicyclic amines) is 1. The molecule has 1 saturated carbocycles. The van der Waals surface area contributed by atoms with E-state index < -0.39 is 0 Å². The van der Waals surface area contributed by atoms with E-state index in [1.54, 1.807) is 7.11 Å². The molecule has 0 spiro atoms. The smallest absolute Gasteiger partial charge is 0.120 e. The number of nitrogens with one attached hydrogen (secondary N) is 1. The third-order valence-corrected chi connectivity index (χ3v) is 5.13. The summed E-state index contributed by atoms with van der Waals surface area (Å²) in [5.74, 6) is 0.896. The lowest BCUT2D eigenvalue weighted by Gasteiger charge is -2.41. The highest BCUT2D eigenvalue weighted by atomic mass is 16.5. The summed E-state index contributed by atoms with van der Waals surface area (Å²) >= 11 is 0. The fourth-order valence-corrected chi connectivity index (χ4v) is 3.84. The van der Waals surface area contributed by atoms with Crippen LogP contribution in [0.2, 0.25) is 0 Å². The fourth-order valence-electron chi connectivity index (χ4n) is 3.84. The van der Waals surface area contributed by atoms with Crippen LogP contribution in [0.3, 0.4) is 0 Å². The van der Waals surface area contributed by atoms with Crippen molar-refractivity contribution in [1.29, 1.82) is 0 Å². The molecule has 0 aromatic heterocycles. The van der Waals surface area contributed by atoms with Gasteiger partial charge >= 0.3 is 0 Å². The van der Waals surface area contributed by atoms with Gasteiger partial charge in [-0.1, -0.05) is 18.9 Å². The molecule has 1 heterocycles. The van der Waals surface area contributed by atoms with Gasteiger partial charge in [-0.2, -0.15) is 0 Å². The van der Waals surface area contributed by atoms with Gasteiger partial charge in [0.1, 0.15) is 5.75 Å². The second-order valence-electron chi connectivity index (χ2n) is 6.61. The number of piperidine rings is 1. The van der Waals surface area contributed by atoms with Crippen molar-refractivity contribution in [2.75, 3.05) is 25.5 Å². The van der Waals surface area contributed by atoms with Crippen LogP contribution >= 0.6 is 0 Å². The second kappa shape index (κ2) is 7.34. The quantitative estimate of drug-likeness (QED) is 0.898. The standard InChI is InChI=1S/C18H28N2O2/c1-22-16-6-4-5-15(13-16)19-14-9-11-20(12-10-14)17-7-2-3-8-18(17)21/h4-6,13-14,17-19,21H,2-3,7-12H2,1H3/t17-,18-/m1/s1. The highest BCUT2D eigenvalue weighted by Gasteiger charge is 2.31. The highest BCUT2D eigenvalue weighted by Crippen LogP contribution is 2.27. The zero-order valence-electron chi connectivity index (χ0n) is 13.5. The van der Waals surface area contributed by atoms with Crippen molar-refractivity contribution in [1.82, 2.24) is 4.90 Å². The second-order valence-corrected chi connectivity index (χ2v) is 6.61. The van der Waals surface area contributed by atoms with E-state index >= 15 is 0 Å². The number of hydrogen-bond acceptors (Lipinski definition) is 4. The first-order valence-electron chi connectivity index (χ1n) is 8.59. The van der Waals surface area contributed by atoms with Crippen LogP contribution in [0.25, 0.3) is 0 Å².